The van der Waals surface area contributed by atoms with Crippen molar-refractivity contribution in [1.82, 2.24) is 9.97 Å². The van der Waals surface area contributed by atoms with Gasteiger partial charge in [0.05, 0.1) is 16.8 Å². The molecule has 0 unspecified atom stereocenters. The van der Waals surface area contributed by atoms with Crippen molar-refractivity contribution in [3.63, 3.8) is 0 Å². The third-order valence-electron chi connectivity index (χ3n) is 4.32. The zero-order valence-corrected chi connectivity index (χ0v) is 18.1. The quantitative estimate of drug-likeness (QED) is 0.429. The monoisotopic (exact) mass is 443 g/mol. The largest absolute Gasteiger partial charge is 0.325 e. The number of anilines is 1. The number of aromatic nitrogens is 2. The molecule has 2 aromatic carbocycles. The number of rotatable bonds is 7. The molecule has 0 atom stereocenters. The van der Waals surface area contributed by atoms with Crippen molar-refractivity contribution in [2.24, 2.45) is 0 Å². The molecule has 30 heavy (non-hydrogen) atoms. The number of aromatic amines is 1. The number of carbonyl (C=O) groups excluding carboxylic acids is 1. The highest BCUT2D eigenvalue weighted by Gasteiger charge is 2.22. The highest BCUT2D eigenvalue weighted by molar-refractivity contribution is 7.99. The van der Waals surface area contributed by atoms with Crippen LogP contribution in [0.15, 0.2) is 74.5 Å². The minimum absolute atomic E-state index is 0.0172. The molecule has 1 heterocycles. The summed E-state index contributed by atoms with van der Waals surface area (Å²) in [6.45, 7) is 3.87. The van der Waals surface area contributed by atoms with Gasteiger partial charge in [-0.2, -0.15) is 0 Å². The molecule has 3 aromatic rings. The van der Waals surface area contributed by atoms with Crippen molar-refractivity contribution in [2.45, 2.75) is 35.2 Å². The number of aryl methyl sites for hydroxylation is 2. The summed E-state index contributed by atoms with van der Waals surface area (Å²) in [5, 5.41) is 2.95. The fourth-order valence-electron chi connectivity index (χ4n) is 2.68. The van der Waals surface area contributed by atoms with Gasteiger partial charge in [-0.1, -0.05) is 48.5 Å². The number of nitrogens with one attached hydrogen (secondary N) is 2. The van der Waals surface area contributed by atoms with Gasteiger partial charge in [-0.25, -0.2) is 13.4 Å². The van der Waals surface area contributed by atoms with Crippen molar-refractivity contribution in [1.29, 1.82) is 0 Å². The Bertz CT molecular complexity index is 1220. The second-order valence-electron chi connectivity index (χ2n) is 6.59. The predicted molar refractivity (Wildman–Crippen MR) is 117 cm³/mol. The molecule has 0 aliphatic heterocycles. The minimum atomic E-state index is -3.98. The molecule has 0 bridgehead atoms. The lowest BCUT2D eigenvalue weighted by atomic mass is 10.1. The summed E-state index contributed by atoms with van der Waals surface area (Å²) in [6, 6.07) is 13.8. The molecule has 0 saturated heterocycles. The molecular weight excluding hydrogens is 422 g/mol. The fourth-order valence-corrected chi connectivity index (χ4v) is 4.54. The van der Waals surface area contributed by atoms with Crippen LogP contribution in [0.3, 0.4) is 0 Å². The summed E-state index contributed by atoms with van der Waals surface area (Å²) >= 11 is 1.02. The summed E-state index contributed by atoms with van der Waals surface area (Å²) in [5.74, 6) is -0.240. The van der Waals surface area contributed by atoms with Crippen LogP contribution in [0.25, 0.3) is 0 Å². The molecule has 3 rings (SSSR count). The van der Waals surface area contributed by atoms with Crippen LogP contribution < -0.4 is 10.9 Å². The Hall–Kier alpha value is -2.91. The van der Waals surface area contributed by atoms with Crippen LogP contribution >= 0.6 is 11.8 Å². The van der Waals surface area contributed by atoms with E-state index in [2.05, 4.69) is 15.3 Å². The maximum Gasteiger partial charge on any atom is 0.270 e. The van der Waals surface area contributed by atoms with E-state index in [1.807, 2.05) is 32.0 Å². The summed E-state index contributed by atoms with van der Waals surface area (Å²) in [5.41, 5.74) is 1.94. The fraction of sp³-hybridized carbons (Fsp3) is 0.190. The summed E-state index contributed by atoms with van der Waals surface area (Å²) in [6.07, 6.45) is 1.89. The van der Waals surface area contributed by atoms with Crippen LogP contribution in [-0.2, 0) is 21.1 Å². The molecule has 1 amide bonds. The van der Waals surface area contributed by atoms with Gasteiger partial charge in [-0.3, -0.25) is 9.59 Å². The van der Waals surface area contributed by atoms with E-state index in [-0.39, 0.29) is 21.7 Å². The van der Waals surface area contributed by atoms with Gasteiger partial charge in [-0.05, 0) is 43.2 Å². The number of nitrogens with zero attached hydrogens (tertiary/aromatic N) is 1. The van der Waals surface area contributed by atoms with Crippen LogP contribution in [0, 0.1) is 6.92 Å². The Morgan fingerprint density at radius 3 is 2.57 bits per heavy atom. The van der Waals surface area contributed by atoms with Crippen molar-refractivity contribution in [2.75, 3.05) is 11.1 Å². The van der Waals surface area contributed by atoms with Crippen molar-refractivity contribution in [3.05, 3.63) is 76.2 Å². The SMILES string of the molecule is CCc1cccc(NC(=O)CSc2ncc(S(=O)(=O)c3ccc(C)cc3)c(=O)[nH]2)c1. The Balaban J connectivity index is 1.68. The molecule has 156 valence electrons. The average molecular weight is 444 g/mol. The van der Waals surface area contributed by atoms with Crippen LogP contribution in [0.5, 0.6) is 0 Å². The number of thioether (sulfide) groups is 1. The lowest BCUT2D eigenvalue weighted by molar-refractivity contribution is -0.113. The molecule has 7 nitrogen and oxygen atoms in total. The lowest BCUT2D eigenvalue weighted by Crippen LogP contribution is -2.20. The van der Waals surface area contributed by atoms with Crippen molar-refractivity contribution in [3.8, 4) is 0 Å². The van der Waals surface area contributed by atoms with Gasteiger partial charge in [-0.15, -0.1) is 0 Å². The first-order valence-corrected chi connectivity index (χ1v) is 11.7. The molecule has 0 spiro atoms. The number of hydrogen-bond acceptors (Lipinski definition) is 6. The first-order valence-electron chi connectivity index (χ1n) is 9.22. The van der Waals surface area contributed by atoms with Gasteiger partial charge in [0.2, 0.25) is 15.7 Å². The molecule has 0 aliphatic rings. The van der Waals surface area contributed by atoms with E-state index in [9.17, 15) is 18.0 Å². The number of hydrogen-bond donors (Lipinski definition) is 2. The zero-order valence-electron chi connectivity index (χ0n) is 16.5. The molecule has 0 fully saturated rings. The highest BCUT2D eigenvalue weighted by Crippen LogP contribution is 2.19. The Labute approximate surface area is 178 Å². The van der Waals surface area contributed by atoms with E-state index >= 15 is 0 Å². The summed E-state index contributed by atoms with van der Waals surface area (Å²) < 4.78 is 25.3. The first-order chi connectivity index (χ1) is 14.3. The third kappa shape index (κ3) is 5.17. The summed E-state index contributed by atoms with van der Waals surface area (Å²) in [4.78, 5) is 30.5. The molecule has 0 aliphatic carbocycles. The van der Waals surface area contributed by atoms with Crippen LogP contribution in [0.2, 0.25) is 0 Å². The van der Waals surface area contributed by atoms with Crippen LogP contribution in [0.4, 0.5) is 5.69 Å². The van der Waals surface area contributed by atoms with Gasteiger partial charge in [0, 0.05) is 5.69 Å². The average Bonchev–Trinajstić information content (AvgIpc) is 2.72. The highest BCUT2D eigenvalue weighted by atomic mass is 32.2. The lowest BCUT2D eigenvalue weighted by Gasteiger charge is -2.07. The van der Waals surface area contributed by atoms with Gasteiger partial charge >= 0.3 is 0 Å². The van der Waals surface area contributed by atoms with Crippen molar-refractivity contribution >= 4 is 33.2 Å². The maximum absolute atomic E-state index is 12.7. The number of carbonyl (C=O) groups is 1. The van der Waals surface area contributed by atoms with E-state index in [1.54, 1.807) is 18.2 Å². The first kappa shape index (κ1) is 21.8. The molecule has 1 aromatic heterocycles. The number of sulfone groups is 1. The summed E-state index contributed by atoms with van der Waals surface area (Å²) in [7, 11) is -3.98. The van der Waals surface area contributed by atoms with Gasteiger partial charge in [0.1, 0.15) is 0 Å². The van der Waals surface area contributed by atoms with Crippen LogP contribution in [-0.4, -0.2) is 30.0 Å². The van der Waals surface area contributed by atoms with E-state index in [0.717, 1.165) is 35.5 Å². The number of benzene rings is 2. The third-order valence-corrected chi connectivity index (χ3v) is 6.97. The smallest absolute Gasteiger partial charge is 0.270 e. The predicted octanol–water partition coefficient (Wildman–Crippen LogP) is 3.20. The second-order valence-corrected chi connectivity index (χ2v) is 9.47. The van der Waals surface area contributed by atoms with E-state index in [0.29, 0.717) is 5.69 Å². The molecule has 9 heteroatoms. The number of H-pyrrole nitrogens is 1. The molecule has 0 radical (unpaired) electrons. The Kier molecular flexibility index (Phi) is 6.73. The molecular formula is C21H21N3O4S2. The standard InChI is InChI=1S/C21H21N3O4S2/c1-3-15-5-4-6-16(11-15)23-19(25)13-29-21-22-12-18(20(26)24-21)30(27,28)17-9-7-14(2)8-10-17/h4-12H,3,13H2,1-2H3,(H,23,25)(H,22,24,26). The molecule has 2 N–H and O–H groups in total. The minimum Gasteiger partial charge on any atom is -0.325 e. The normalized spacial score (nSPS) is 11.3. The van der Waals surface area contributed by atoms with Gasteiger partial charge in [0.15, 0.2) is 10.1 Å². The Morgan fingerprint density at radius 1 is 1.17 bits per heavy atom. The zero-order chi connectivity index (χ0) is 21.7. The van der Waals surface area contributed by atoms with Gasteiger partial charge < -0.3 is 10.3 Å². The van der Waals surface area contributed by atoms with Crippen LogP contribution in [0.1, 0.15) is 18.1 Å². The molecule has 0 saturated carbocycles. The number of amides is 1. The van der Waals surface area contributed by atoms with Gasteiger partial charge in [0.25, 0.3) is 5.56 Å². The van der Waals surface area contributed by atoms with Crippen molar-refractivity contribution < 1.29 is 13.2 Å². The Morgan fingerprint density at radius 2 is 1.90 bits per heavy atom. The topological polar surface area (TPSA) is 109 Å². The van der Waals surface area contributed by atoms with E-state index < -0.39 is 20.3 Å². The second kappa shape index (κ2) is 9.27. The maximum atomic E-state index is 12.7. The van der Waals surface area contributed by atoms with E-state index in [4.69, 9.17) is 0 Å². The van der Waals surface area contributed by atoms with E-state index in [1.165, 1.54) is 12.1 Å².